The number of hydrogen-bond acceptors (Lipinski definition) is 1. The van der Waals surface area contributed by atoms with E-state index in [9.17, 15) is 8.78 Å². The summed E-state index contributed by atoms with van der Waals surface area (Å²) in [6, 6.07) is 10.8. The van der Waals surface area contributed by atoms with Crippen LogP contribution in [0.2, 0.25) is 5.02 Å². The summed E-state index contributed by atoms with van der Waals surface area (Å²) in [4.78, 5) is 0. The molecule has 2 N–H and O–H groups in total. The van der Waals surface area contributed by atoms with Crippen LogP contribution in [-0.2, 0) is 5.54 Å². The first-order chi connectivity index (χ1) is 8.44. The average Bonchev–Trinajstić information content (AvgIpc) is 2.32. The Bertz CT molecular complexity index is 582. The zero-order valence-corrected chi connectivity index (χ0v) is 10.5. The van der Waals surface area contributed by atoms with E-state index in [-0.39, 0.29) is 5.56 Å². The van der Waals surface area contributed by atoms with Crippen molar-refractivity contribution in [3.8, 4) is 0 Å². The third kappa shape index (κ3) is 2.11. The van der Waals surface area contributed by atoms with Crippen LogP contribution in [0, 0.1) is 11.6 Å². The van der Waals surface area contributed by atoms with Crippen molar-refractivity contribution in [2.75, 3.05) is 0 Å². The first-order valence-corrected chi connectivity index (χ1v) is 5.80. The fraction of sp³-hybridized carbons (Fsp3) is 0.143. The molecule has 0 heterocycles. The highest BCUT2D eigenvalue weighted by Gasteiger charge is 2.29. The molecule has 0 aliphatic heterocycles. The summed E-state index contributed by atoms with van der Waals surface area (Å²) in [7, 11) is 0. The first kappa shape index (κ1) is 13.0. The Balaban J connectivity index is 2.62. The van der Waals surface area contributed by atoms with E-state index in [2.05, 4.69) is 0 Å². The van der Waals surface area contributed by atoms with Crippen molar-refractivity contribution in [3.63, 3.8) is 0 Å². The normalized spacial score (nSPS) is 14.3. The van der Waals surface area contributed by atoms with Crippen molar-refractivity contribution >= 4 is 11.6 Å². The number of rotatable bonds is 2. The predicted molar refractivity (Wildman–Crippen MR) is 68.5 cm³/mol. The molecule has 1 atom stereocenters. The maximum atomic E-state index is 13.8. The molecule has 0 aromatic heterocycles. The van der Waals surface area contributed by atoms with Crippen molar-refractivity contribution < 1.29 is 8.78 Å². The molecule has 0 saturated heterocycles. The Kier molecular flexibility index (Phi) is 3.37. The van der Waals surface area contributed by atoms with Gasteiger partial charge in [0.2, 0.25) is 0 Å². The van der Waals surface area contributed by atoms with Gasteiger partial charge in [0.1, 0.15) is 0 Å². The van der Waals surface area contributed by atoms with Crippen LogP contribution in [0.5, 0.6) is 0 Å². The minimum absolute atomic E-state index is 0.0793. The molecule has 1 nitrogen and oxygen atoms in total. The molecule has 0 spiro atoms. The van der Waals surface area contributed by atoms with Gasteiger partial charge < -0.3 is 5.73 Å². The van der Waals surface area contributed by atoms with Crippen LogP contribution in [-0.4, -0.2) is 0 Å². The van der Waals surface area contributed by atoms with E-state index >= 15 is 0 Å². The van der Waals surface area contributed by atoms with Gasteiger partial charge in [0.05, 0.1) is 5.54 Å². The Morgan fingerprint density at radius 2 is 1.61 bits per heavy atom. The molecule has 0 amide bonds. The van der Waals surface area contributed by atoms with E-state index in [0.29, 0.717) is 10.6 Å². The van der Waals surface area contributed by atoms with Crippen LogP contribution in [0.1, 0.15) is 18.1 Å². The van der Waals surface area contributed by atoms with Crippen LogP contribution >= 0.6 is 11.6 Å². The molecular formula is C14H12ClF2N. The van der Waals surface area contributed by atoms with E-state index < -0.39 is 17.2 Å². The van der Waals surface area contributed by atoms with Gasteiger partial charge in [0, 0.05) is 10.6 Å². The highest BCUT2D eigenvalue weighted by atomic mass is 35.5. The molecular weight excluding hydrogens is 256 g/mol. The molecule has 0 aliphatic rings. The first-order valence-electron chi connectivity index (χ1n) is 5.43. The third-order valence-electron chi connectivity index (χ3n) is 2.94. The lowest BCUT2D eigenvalue weighted by Crippen LogP contribution is -2.35. The Morgan fingerprint density at radius 3 is 2.28 bits per heavy atom. The van der Waals surface area contributed by atoms with Crippen LogP contribution in [0.15, 0.2) is 42.5 Å². The largest absolute Gasteiger partial charge is 0.318 e. The summed E-state index contributed by atoms with van der Waals surface area (Å²) < 4.78 is 27.1. The van der Waals surface area contributed by atoms with Crippen LogP contribution in [0.3, 0.4) is 0 Å². The predicted octanol–water partition coefficient (Wildman–Crippen LogP) is 3.84. The van der Waals surface area contributed by atoms with Gasteiger partial charge in [-0.05, 0) is 24.6 Å². The molecule has 0 fully saturated rings. The van der Waals surface area contributed by atoms with Gasteiger partial charge in [-0.1, -0.05) is 41.9 Å². The van der Waals surface area contributed by atoms with E-state index in [1.54, 1.807) is 31.2 Å². The summed E-state index contributed by atoms with van der Waals surface area (Å²) in [6.45, 7) is 1.60. The minimum Gasteiger partial charge on any atom is -0.318 e. The van der Waals surface area contributed by atoms with Gasteiger partial charge in [-0.2, -0.15) is 0 Å². The lowest BCUT2D eigenvalue weighted by atomic mass is 9.85. The van der Waals surface area contributed by atoms with E-state index in [0.717, 1.165) is 6.07 Å². The lowest BCUT2D eigenvalue weighted by molar-refractivity contribution is 0.468. The van der Waals surface area contributed by atoms with Gasteiger partial charge in [-0.15, -0.1) is 0 Å². The number of nitrogens with two attached hydrogens (primary N) is 1. The molecule has 0 bridgehead atoms. The van der Waals surface area contributed by atoms with Crippen molar-refractivity contribution in [3.05, 3.63) is 70.2 Å². The van der Waals surface area contributed by atoms with Gasteiger partial charge in [0.25, 0.3) is 0 Å². The van der Waals surface area contributed by atoms with Crippen molar-refractivity contribution in [2.45, 2.75) is 12.5 Å². The van der Waals surface area contributed by atoms with Gasteiger partial charge in [0.15, 0.2) is 11.6 Å². The molecule has 2 aromatic carbocycles. The molecule has 1 unspecified atom stereocenters. The molecule has 18 heavy (non-hydrogen) atoms. The fourth-order valence-corrected chi connectivity index (χ4v) is 2.26. The van der Waals surface area contributed by atoms with Crippen LogP contribution in [0.4, 0.5) is 8.78 Å². The van der Waals surface area contributed by atoms with Crippen molar-refractivity contribution in [1.29, 1.82) is 0 Å². The quantitative estimate of drug-likeness (QED) is 0.879. The average molecular weight is 268 g/mol. The molecule has 0 aliphatic carbocycles. The summed E-state index contributed by atoms with van der Waals surface area (Å²) in [5.74, 6) is -1.86. The van der Waals surface area contributed by atoms with Crippen molar-refractivity contribution in [1.82, 2.24) is 0 Å². The Morgan fingerprint density at radius 1 is 1.00 bits per heavy atom. The molecule has 2 rings (SSSR count). The zero-order chi connectivity index (χ0) is 13.3. The lowest BCUT2D eigenvalue weighted by Gasteiger charge is -2.27. The van der Waals surface area contributed by atoms with Crippen LogP contribution in [0.25, 0.3) is 0 Å². The summed E-state index contributed by atoms with van der Waals surface area (Å²) in [6.07, 6.45) is 0. The van der Waals surface area contributed by atoms with E-state index in [1.165, 1.54) is 12.1 Å². The minimum atomic E-state index is -1.19. The number of benzene rings is 2. The highest BCUT2D eigenvalue weighted by molar-refractivity contribution is 6.31. The number of halogens is 3. The molecule has 4 heteroatoms. The Hall–Kier alpha value is -1.45. The molecule has 2 aromatic rings. The monoisotopic (exact) mass is 267 g/mol. The second-order valence-electron chi connectivity index (χ2n) is 4.28. The van der Waals surface area contributed by atoms with E-state index in [1.807, 2.05) is 0 Å². The third-order valence-corrected chi connectivity index (χ3v) is 3.27. The van der Waals surface area contributed by atoms with Crippen LogP contribution < -0.4 is 5.73 Å². The second-order valence-corrected chi connectivity index (χ2v) is 4.69. The summed E-state index contributed by atoms with van der Waals surface area (Å²) in [5.41, 5.74) is 5.58. The van der Waals surface area contributed by atoms with Gasteiger partial charge in [-0.25, -0.2) is 8.78 Å². The highest BCUT2D eigenvalue weighted by Crippen LogP contribution is 2.33. The molecule has 0 radical (unpaired) electrons. The van der Waals surface area contributed by atoms with Gasteiger partial charge in [-0.3, -0.25) is 0 Å². The number of hydrogen-bond donors (Lipinski definition) is 1. The fourth-order valence-electron chi connectivity index (χ4n) is 1.93. The maximum absolute atomic E-state index is 13.8. The smallest absolute Gasteiger partial charge is 0.164 e. The van der Waals surface area contributed by atoms with Crippen molar-refractivity contribution in [2.24, 2.45) is 5.73 Å². The SMILES string of the molecule is CC(N)(c1ccccc1Cl)c1cccc(F)c1F. The molecule has 94 valence electrons. The topological polar surface area (TPSA) is 26.0 Å². The summed E-state index contributed by atoms with van der Waals surface area (Å²) in [5, 5.41) is 0.422. The second kappa shape index (κ2) is 4.67. The molecule has 0 saturated carbocycles. The Labute approximate surface area is 109 Å². The van der Waals surface area contributed by atoms with Gasteiger partial charge >= 0.3 is 0 Å². The maximum Gasteiger partial charge on any atom is 0.164 e. The summed E-state index contributed by atoms with van der Waals surface area (Å²) >= 11 is 6.05. The zero-order valence-electron chi connectivity index (χ0n) is 9.75. The standard InChI is InChI=1S/C14H12ClF2N/c1-14(18,9-5-2-3-7-11(9)15)10-6-4-8-12(16)13(10)17/h2-8H,18H2,1H3. The van der Waals surface area contributed by atoms with E-state index in [4.69, 9.17) is 17.3 Å².